The molecule has 1 amide bonds. The van der Waals surface area contributed by atoms with Crippen molar-refractivity contribution in [2.75, 3.05) is 19.0 Å². The normalized spacial score (nSPS) is 18.3. The zero-order chi connectivity index (χ0) is 16.3. The second kappa shape index (κ2) is 6.75. The first-order valence-corrected chi connectivity index (χ1v) is 8.25. The molecule has 1 aliphatic rings. The van der Waals surface area contributed by atoms with Crippen LogP contribution < -0.4 is 10.6 Å². The van der Waals surface area contributed by atoms with E-state index in [9.17, 15) is 9.59 Å². The fourth-order valence-corrected chi connectivity index (χ4v) is 3.55. The number of nitrogens with zero attached hydrogens (tertiary/aromatic N) is 1. The summed E-state index contributed by atoms with van der Waals surface area (Å²) in [6.45, 7) is 6.89. The Kier molecular flexibility index (Phi) is 5.18. The lowest BCUT2D eigenvalue weighted by atomic mass is 9.91. The summed E-state index contributed by atoms with van der Waals surface area (Å²) in [4.78, 5) is 28.8. The molecular weight excluding hydrogens is 302 g/mol. The Labute approximate surface area is 134 Å². The second-order valence-corrected chi connectivity index (χ2v) is 7.48. The van der Waals surface area contributed by atoms with Crippen LogP contribution in [0.5, 0.6) is 0 Å². The van der Waals surface area contributed by atoms with Crippen molar-refractivity contribution in [3.05, 3.63) is 10.6 Å². The molecule has 0 spiro atoms. The number of esters is 1. The molecule has 0 bridgehead atoms. The Morgan fingerprint density at radius 3 is 2.73 bits per heavy atom. The minimum atomic E-state index is -0.416. The van der Waals surface area contributed by atoms with Gasteiger partial charge in [0.1, 0.15) is 4.88 Å². The lowest BCUT2D eigenvalue weighted by Gasteiger charge is -2.16. The Morgan fingerprint density at radius 1 is 1.45 bits per heavy atom. The molecule has 1 unspecified atom stereocenters. The first kappa shape index (κ1) is 16.9. The number of hydrogen-bond acceptors (Lipinski definition) is 6. The predicted molar refractivity (Wildman–Crippen MR) is 86.4 cm³/mol. The average Bonchev–Trinajstić information content (AvgIpc) is 3.06. The van der Waals surface area contributed by atoms with Crippen molar-refractivity contribution < 1.29 is 14.3 Å². The van der Waals surface area contributed by atoms with E-state index >= 15 is 0 Å². The van der Waals surface area contributed by atoms with Crippen molar-refractivity contribution in [2.24, 2.45) is 0 Å². The summed E-state index contributed by atoms with van der Waals surface area (Å²) < 4.78 is 4.81. The van der Waals surface area contributed by atoms with Crippen LogP contribution in [-0.4, -0.2) is 36.6 Å². The van der Waals surface area contributed by atoms with E-state index in [0.717, 1.165) is 19.4 Å². The number of methoxy groups -OCH3 is 1. The van der Waals surface area contributed by atoms with E-state index in [4.69, 9.17) is 4.74 Å². The monoisotopic (exact) mass is 325 g/mol. The molecule has 122 valence electrons. The van der Waals surface area contributed by atoms with E-state index in [1.165, 1.54) is 18.4 Å². The van der Waals surface area contributed by atoms with Gasteiger partial charge >= 0.3 is 5.97 Å². The van der Waals surface area contributed by atoms with Gasteiger partial charge in [0.25, 0.3) is 0 Å². The van der Waals surface area contributed by atoms with Crippen LogP contribution >= 0.6 is 11.3 Å². The van der Waals surface area contributed by atoms with Gasteiger partial charge in [-0.05, 0) is 19.4 Å². The molecule has 6 nitrogen and oxygen atoms in total. The minimum Gasteiger partial charge on any atom is -0.465 e. The topological polar surface area (TPSA) is 80.3 Å². The van der Waals surface area contributed by atoms with Crippen LogP contribution in [0.25, 0.3) is 0 Å². The van der Waals surface area contributed by atoms with E-state index < -0.39 is 5.97 Å². The summed E-state index contributed by atoms with van der Waals surface area (Å²) in [5.74, 6) is -0.495. The van der Waals surface area contributed by atoms with Crippen molar-refractivity contribution in [1.82, 2.24) is 10.3 Å². The largest absolute Gasteiger partial charge is 0.465 e. The van der Waals surface area contributed by atoms with E-state index in [1.54, 1.807) is 0 Å². The van der Waals surface area contributed by atoms with Gasteiger partial charge in [0.2, 0.25) is 5.91 Å². The first-order chi connectivity index (χ1) is 10.3. The highest BCUT2D eigenvalue weighted by Gasteiger charge is 2.28. The maximum absolute atomic E-state index is 12.1. The summed E-state index contributed by atoms with van der Waals surface area (Å²) in [6, 6.07) is 0.238. The van der Waals surface area contributed by atoms with Gasteiger partial charge in [0, 0.05) is 17.9 Å². The molecule has 1 atom stereocenters. The predicted octanol–water partition coefficient (Wildman–Crippen LogP) is 2.31. The Hall–Kier alpha value is -1.47. The van der Waals surface area contributed by atoms with Crippen LogP contribution in [0, 0.1) is 0 Å². The maximum Gasteiger partial charge on any atom is 0.350 e. The quantitative estimate of drug-likeness (QED) is 0.830. The summed E-state index contributed by atoms with van der Waals surface area (Å²) in [7, 11) is 1.35. The molecular formula is C15H23N3O3S. The third-order valence-electron chi connectivity index (χ3n) is 3.55. The summed E-state index contributed by atoms with van der Waals surface area (Å²) in [5.41, 5.74) is 0.356. The van der Waals surface area contributed by atoms with Crippen LogP contribution in [0.3, 0.4) is 0 Å². The van der Waals surface area contributed by atoms with E-state index in [2.05, 4.69) is 15.6 Å². The number of hydrogen-bond donors (Lipinski definition) is 2. The standard InChI is InChI=1S/C15H23N3O3S/c1-15(2,3)12-11(13(20)21-4)22-14(18-12)17-10(19)8-9-6-5-7-16-9/h9,16H,5-8H2,1-4H3,(H,17,18,19). The van der Waals surface area contributed by atoms with Gasteiger partial charge in [-0.3, -0.25) is 4.79 Å². The summed E-state index contributed by atoms with van der Waals surface area (Å²) in [5, 5.41) is 6.54. The van der Waals surface area contributed by atoms with Crippen LogP contribution in [0.4, 0.5) is 5.13 Å². The van der Waals surface area contributed by atoms with Crippen molar-refractivity contribution >= 4 is 28.3 Å². The molecule has 0 aromatic carbocycles. The van der Waals surface area contributed by atoms with Crippen LogP contribution in [-0.2, 0) is 14.9 Å². The number of ether oxygens (including phenoxy) is 1. The smallest absolute Gasteiger partial charge is 0.350 e. The van der Waals surface area contributed by atoms with E-state index in [0.29, 0.717) is 22.1 Å². The van der Waals surface area contributed by atoms with Gasteiger partial charge in [0.15, 0.2) is 5.13 Å². The molecule has 1 aliphatic heterocycles. The number of aromatic nitrogens is 1. The fourth-order valence-electron chi connectivity index (χ4n) is 2.44. The van der Waals surface area contributed by atoms with Gasteiger partial charge in [-0.15, -0.1) is 0 Å². The van der Waals surface area contributed by atoms with Crippen LogP contribution in [0.15, 0.2) is 0 Å². The number of carbonyl (C=O) groups excluding carboxylic acids is 2. The molecule has 2 N–H and O–H groups in total. The maximum atomic E-state index is 12.1. The number of nitrogens with one attached hydrogen (secondary N) is 2. The van der Waals surface area contributed by atoms with Gasteiger partial charge in [-0.1, -0.05) is 32.1 Å². The first-order valence-electron chi connectivity index (χ1n) is 7.44. The minimum absolute atomic E-state index is 0.0787. The third kappa shape index (κ3) is 4.04. The zero-order valence-corrected chi connectivity index (χ0v) is 14.3. The Morgan fingerprint density at radius 2 is 2.18 bits per heavy atom. The highest BCUT2D eigenvalue weighted by Crippen LogP contribution is 2.32. The molecule has 1 fully saturated rings. The Bertz CT molecular complexity index is 557. The number of thiazole rings is 1. The summed E-state index contributed by atoms with van der Waals surface area (Å²) >= 11 is 1.17. The van der Waals surface area contributed by atoms with E-state index in [1.807, 2.05) is 20.8 Å². The van der Waals surface area contributed by atoms with Crippen molar-refractivity contribution in [3.63, 3.8) is 0 Å². The molecule has 22 heavy (non-hydrogen) atoms. The van der Waals surface area contributed by atoms with Crippen molar-refractivity contribution in [2.45, 2.75) is 51.5 Å². The average molecular weight is 325 g/mol. The molecule has 1 aromatic heterocycles. The zero-order valence-electron chi connectivity index (χ0n) is 13.5. The number of anilines is 1. The van der Waals surface area contributed by atoms with Crippen LogP contribution in [0.1, 0.15) is 55.4 Å². The second-order valence-electron chi connectivity index (χ2n) is 6.48. The SMILES string of the molecule is COC(=O)c1sc(NC(=O)CC2CCCN2)nc1C(C)(C)C. The summed E-state index contributed by atoms with van der Waals surface area (Å²) in [6.07, 6.45) is 2.56. The number of carbonyl (C=O) groups is 2. The molecule has 0 aliphatic carbocycles. The molecule has 0 saturated carbocycles. The Balaban J connectivity index is 2.12. The molecule has 1 saturated heterocycles. The molecule has 0 radical (unpaired) electrons. The third-order valence-corrected chi connectivity index (χ3v) is 4.50. The van der Waals surface area contributed by atoms with Crippen LogP contribution in [0.2, 0.25) is 0 Å². The highest BCUT2D eigenvalue weighted by atomic mass is 32.1. The molecule has 2 heterocycles. The molecule has 2 rings (SSSR count). The van der Waals surface area contributed by atoms with Crippen molar-refractivity contribution in [1.29, 1.82) is 0 Å². The lowest BCUT2D eigenvalue weighted by molar-refractivity contribution is -0.116. The van der Waals surface area contributed by atoms with Gasteiger partial charge in [-0.25, -0.2) is 9.78 Å². The molecule has 7 heteroatoms. The van der Waals surface area contributed by atoms with E-state index in [-0.39, 0.29) is 17.4 Å². The fraction of sp³-hybridized carbons (Fsp3) is 0.667. The lowest BCUT2D eigenvalue weighted by Crippen LogP contribution is -2.27. The molecule has 1 aromatic rings. The highest BCUT2D eigenvalue weighted by molar-refractivity contribution is 7.17. The van der Waals surface area contributed by atoms with Gasteiger partial charge in [0.05, 0.1) is 12.8 Å². The number of amides is 1. The number of rotatable bonds is 4. The van der Waals surface area contributed by atoms with Gasteiger partial charge < -0.3 is 15.4 Å². The van der Waals surface area contributed by atoms with Gasteiger partial charge in [-0.2, -0.15) is 0 Å². The van der Waals surface area contributed by atoms with Crippen molar-refractivity contribution in [3.8, 4) is 0 Å².